The first-order valence-corrected chi connectivity index (χ1v) is 5.27. The summed E-state index contributed by atoms with van der Waals surface area (Å²) in [5.41, 5.74) is 0. The minimum absolute atomic E-state index is 0.0316. The van der Waals surface area contributed by atoms with E-state index in [9.17, 15) is 9.59 Å². The van der Waals surface area contributed by atoms with Gasteiger partial charge in [-0.3, -0.25) is 4.79 Å². The highest BCUT2D eigenvalue weighted by molar-refractivity contribution is 5.74. The number of urea groups is 1. The maximum Gasteiger partial charge on any atom is 0.314 e. The van der Waals surface area contributed by atoms with Crippen molar-refractivity contribution in [1.82, 2.24) is 10.6 Å². The number of carbonyl (C=O) groups is 2. The van der Waals surface area contributed by atoms with Gasteiger partial charge in [-0.2, -0.15) is 0 Å². The molecule has 0 rings (SSSR count). The van der Waals surface area contributed by atoms with Crippen LogP contribution in [0.2, 0.25) is 0 Å². The first-order chi connectivity index (χ1) is 7.60. The molecule has 0 spiro atoms. The van der Waals surface area contributed by atoms with E-state index in [-0.39, 0.29) is 18.4 Å². The largest absolute Gasteiger partial charge is 0.481 e. The average Bonchev–Trinajstić information content (AvgIpc) is 2.24. The fourth-order valence-electron chi connectivity index (χ4n) is 1.16. The summed E-state index contributed by atoms with van der Waals surface area (Å²) >= 11 is 0. The van der Waals surface area contributed by atoms with Gasteiger partial charge >= 0.3 is 12.0 Å². The molecule has 2 amide bonds. The molecule has 16 heavy (non-hydrogen) atoms. The van der Waals surface area contributed by atoms with Crippen molar-refractivity contribution in [3.8, 4) is 12.3 Å². The molecule has 5 nitrogen and oxygen atoms in total. The Morgan fingerprint density at radius 1 is 1.44 bits per heavy atom. The van der Waals surface area contributed by atoms with E-state index >= 15 is 0 Å². The van der Waals surface area contributed by atoms with Crippen LogP contribution in [0.15, 0.2) is 0 Å². The highest BCUT2D eigenvalue weighted by Crippen LogP contribution is 2.06. The number of hydrogen-bond donors (Lipinski definition) is 3. The van der Waals surface area contributed by atoms with E-state index in [1.54, 1.807) is 0 Å². The molecule has 0 aliphatic heterocycles. The van der Waals surface area contributed by atoms with Crippen LogP contribution in [0.4, 0.5) is 4.79 Å². The number of terminal acetylenes is 1. The smallest absolute Gasteiger partial charge is 0.314 e. The Morgan fingerprint density at radius 3 is 2.62 bits per heavy atom. The van der Waals surface area contributed by atoms with E-state index in [1.807, 2.05) is 6.92 Å². The number of carboxylic acid groups (broad SMARTS) is 1. The van der Waals surface area contributed by atoms with E-state index in [0.717, 1.165) is 6.42 Å². The summed E-state index contributed by atoms with van der Waals surface area (Å²) in [6.45, 7) is 2.69. The van der Waals surface area contributed by atoms with E-state index in [0.29, 0.717) is 19.5 Å². The van der Waals surface area contributed by atoms with Crippen LogP contribution in [0, 0.1) is 18.3 Å². The third-order valence-electron chi connectivity index (χ3n) is 2.15. The Balaban J connectivity index is 3.71. The van der Waals surface area contributed by atoms with Crippen molar-refractivity contribution in [2.45, 2.75) is 26.2 Å². The highest BCUT2D eigenvalue weighted by atomic mass is 16.4. The number of hydrogen-bond acceptors (Lipinski definition) is 2. The van der Waals surface area contributed by atoms with Gasteiger partial charge in [-0.25, -0.2) is 4.79 Å². The van der Waals surface area contributed by atoms with Crippen LogP contribution >= 0.6 is 0 Å². The summed E-state index contributed by atoms with van der Waals surface area (Å²) in [4.78, 5) is 21.7. The average molecular weight is 226 g/mol. The molecule has 5 heteroatoms. The second kappa shape index (κ2) is 8.60. The summed E-state index contributed by atoms with van der Waals surface area (Å²) in [5, 5.41) is 13.8. The molecular weight excluding hydrogens is 208 g/mol. The van der Waals surface area contributed by atoms with E-state index in [2.05, 4.69) is 16.6 Å². The maximum atomic E-state index is 11.2. The van der Waals surface area contributed by atoms with Gasteiger partial charge in [-0.05, 0) is 5.92 Å². The van der Waals surface area contributed by atoms with Crippen LogP contribution in [0.1, 0.15) is 26.2 Å². The molecule has 0 aliphatic carbocycles. The SMILES string of the molecule is C#CCCNC(=O)NCC(CC)CC(=O)O. The number of amides is 2. The summed E-state index contributed by atoms with van der Waals surface area (Å²) in [6, 6.07) is -0.306. The summed E-state index contributed by atoms with van der Waals surface area (Å²) < 4.78 is 0. The molecule has 0 bridgehead atoms. The zero-order valence-electron chi connectivity index (χ0n) is 9.45. The van der Waals surface area contributed by atoms with Gasteiger partial charge in [-0.1, -0.05) is 13.3 Å². The number of rotatable bonds is 7. The Morgan fingerprint density at radius 2 is 2.12 bits per heavy atom. The number of carbonyl (C=O) groups excluding carboxylic acids is 1. The monoisotopic (exact) mass is 226 g/mol. The predicted octanol–water partition coefficient (Wildman–Crippen LogP) is 0.810. The lowest BCUT2D eigenvalue weighted by molar-refractivity contribution is -0.138. The van der Waals surface area contributed by atoms with Crippen molar-refractivity contribution < 1.29 is 14.7 Å². The predicted molar refractivity (Wildman–Crippen MR) is 60.9 cm³/mol. The van der Waals surface area contributed by atoms with Gasteiger partial charge in [0.15, 0.2) is 0 Å². The van der Waals surface area contributed by atoms with Gasteiger partial charge in [0.05, 0.1) is 0 Å². The first-order valence-electron chi connectivity index (χ1n) is 5.27. The first kappa shape index (κ1) is 14.3. The lowest BCUT2D eigenvalue weighted by Crippen LogP contribution is -2.38. The topological polar surface area (TPSA) is 78.4 Å². The zero-order chi connectivity index (χ0) is 12.4. The van der Waals surface area contributed by atoms with Crippen LogP contribution < -0.4 is 10.6 Å². The lowest BCUT2D eigenvalue weighted by atomic mass is 10.0. The second-order valence-corrected chi connectivity index (χ2v) is 3.46. The van der Waals surface area contributed by atoms with Crippen molar-refractivity contribution in [1.29, 1.82) is 0 Å². The third kappa shape index (κ3) is 7.68. The van der Waals surface area contributed by atoms with Crippen molar-refractivity contribution >= 4 is 12.0 Å². The normalized spacial score (nSPS) is 11.2. The van der Waals surface area contributed by atoms with E-state index in [4.69, 9.17) is 11.5 Å². The fourth-order valence-corrected chi connectivity index (χ4v) is 1.16. The van der Waals surface area contributed by atoms with Crippen molar-refractivity contribution in [3.05, 3.63) is 0 Å². The summed E-state index contributed by atoms with van der Waals surface area (Å²) in [5.74, 6) is 1.53. The van der Waals surface area contributed by atoms with Gasteiger partial charge in [0, 0.05) is 25.9 Å². The van der Waals surface area contributed by atoms with Crippen molar-refractivity contribution in [2.24, 2.45) is 5.92 Å². The van der Waals surface area contributed by atoms with Crippen LogP contribution in [0.3, 0.4) is 0 Å². The van der Waals surface area contributed by atoms with Crippen LogP contribution in [0.25, 0.3) is 0 Å². The quantitative estimate of drug-likeness (QED) is 0.444. The summed E-state index contributed by atoms with van der Waals surface area (Å²) in [7, 11) is 0. The Hall–Kier alpha value is -1.70. The third-order valence-corrected chi connectivity index (χ3v) is 2.15. The van der Waals surface area contributed by atoms with Crippen molar-refractivity contribution in [2.75, 3.05) is 13.1 Å². The number of carboxylic acids is 1. The minimum atomic E-state index is -0.846. The minimum Gasteiger partial charge on any atom is -0.481 e. The van der Waals surface area contributed by atoms with E-state index < -0.39 is 5.97 Å². The second-order valence-electron chi connectivity index (χ2n) is 3.46. The van der Waals surface area contributed by atoms with Gasteiger partial charge in [-0.15, -0.1) is 12.3 Å². The molecule has 0 aliphatic rings. The van der Waals surface area contributed by atoms with Gasteiger partial charge in [0.25, 0.3) is 0 Å². The summed E-state index contributed by atoms with van der Waals surface area (Å²) in [6.07, 6.45) is 6.30. The molecule has 3 N–H and O–H groups in total. The molecule has 0 saturated carbocycles. The molecule has 0 saturated heterocycles. The van der Waals surface area contributed by atoms with Crippen molar-refractivity contribution in [3.63, 3.8) is 0 Å². The zero-order valence-corrected chi connectivity index (χ0v) is 9.45. The molecular formula is C11H18N2O3. The number of aliphatic carboxylic acids is 1. The molecule has 90 valence electrons. The Kier molecular flexibility index (Phi) is 7.68. The molecule has 0 fully saturated rings. The standard InChI is InChI=1S/C11H18N2O3/c1-3-5-6-12-11(16)13-8-9(4-2)7-10(14)15/h1,9H,4-8H2,2H3,(H,14,15)(H2,12,13,16). The van der Waals surface area contributed by atoms with Gasteiger partial charge < -0.3 is 15.7 Å². The number of nitrogens with one attached hydrogen (secondary N) is 2. The van der Waals surface area contributed by atoms with Crippen LogP contribution in [-0.4, -0.2) is 30.2 Å². The lowest BCUT2D eigenvalue weighted by Gasteiger charge is -2.13. The molecule has 0 aromatic carbocycles. The van der Waals surface area contributed by atoms with E-state index in [1.165, 1.54) is 0 Å². The fraction of sp³-hybridized carbons (Fsp3) is 0.636. The molecule has 1 unspecified atom stereocenters. The highest BCUT2D eigenvalue weighted by Gasteiger charge is 2.11. The molecule has 1 atom stereocenters. The maximum absolute atomic E-state index is 11.2. The molecule has 0 radical (unpaired) electrons. The Bertz CT molecular complexity index is 271. The molecule has 0 aromatic heterocycles. The van der Waals surface area contributed by atoms with Crippen LogP contribution in [0.5, 0.6) is 0 Å². The molecule has 0 heterocycles. The van der Waals surface area contributed by atoms with Crippen LogP contribution in [-0.2, 0) is 4.79 Å². The molecule has 0 aromatic rings. The Labute approximate surface area is 95.6 Å². The van der Waals surface area contributed by atoms with Gasteiger partial charge in [0.2, 0.25) is 0 Å². The van der Waals surface area contributed by atoms with Gasteiger partial charge in [0.1, 0.15) is 0 Å².